The van der Waals surface area contributed by atoms with Crippen LogP contribution >= 0.6 is 27.5 Å². The third-order valence-electron chi connectivity index (χ3n) is 6.54. The van der Waals surface area contributed by atoms with Crippen molar-refractivity contribution >= 4 is 33.5 Å². The molecule has 1 fully saturated rings. The Morgan fingerprint density at radius 3 is 2.52 bits per heavy atom. The number of nitrogens with zero attached hydrogens (tertiary/aromatic N) is 1. The number of carbonyl (C=O) groups is 1. The summed E-state index contributed by atoms with van der Waals surface area (Å²) in [5.41, 5.74) is -6.97. The van der Waals surface area contributed by atoms with Crippen molar-refractivity contribution in [1.82, 2.24) is 4.98 Å². The van der Waals surface area contributed by atoms with Gasteiger partial charge in [-0.05, 0) is 23.3 Å². The van der Waals surface area contributed by atoms with Crippen molar-refractivity contribution in [2.45, 2.75) is 28.9 Å². The topological polar surface area (TPSA) is 88.9 Å². The summed E-state index contributed by atoms with van der Waals surface area (Å²) in [6.07, 6.45) is -1.01. The highest BCUT2D eigenvalue weighted by atomic mass is 79.9. The standard InChI is InChI=1S/C24H18BrClFNO5/c1-32-21(30)22(27)18(13-5-3-2-4-6-13)24(14-7-9-15(25)10-8-14)23(31,20(22)29)19-17(33-24)11-16(26)12-28-19/h2-12,18,20,29,31H,1H3/t18-,20-,22?,23+,24+/m1/s1. The number of aromatic nitrogens is 1. The Bertz CT molecular complexity index is 1250. The number of esters is 1. The second kappa shape index (κ2) is 7.50. The first kappa shape index (κ1) is 22.3. The molecule has 0 radical (unpaired) electrons. The van der Waals surface area contributed by atoms with Gasteiger partial charge in [0.15, 0.2) is 11.2 Å². The first-order valence-corrected chi connectivity index (χ1v) is 11.2. The fourth-order valence-corrected chi connectivity index (χ4v) is 5.65. The number of hydrogen-bond donors (Lipinski definition) is 2. The van der Waals surface area contributed by atoms with Crippen LogP contribution in [-0.2, 0) is 20.7 Å². The van der Waals surface area contributed by atoms with Crippen molar-refractivity contribution in [3.63, 3.8) is 0 Å². The molecule has 2 aliphatic rings. The van der Waals surface area contributed by atoms with E-state index in [0.717, 1.165) is 11.6 Å². The lowest BCUT2D eigenvalue weighted by atomic mass is 9.71. The molecule has 2 heterocycles. The fourth-order valence-electron chi connectivity index (χ4n) is 5.23. The van der Waals surface area contributed by atoms with Crippen molar-refractivity contribution in [2.75, 3.05) is 7.11 Å². The lowest BCUT2D eigenvalue weighted by Crippen LogP contribution is -2.53. The number of alkyl halides is 1. The van der Waals surface area contributed by atoms with Crippen LogP contribution in [0.25, 0.3) is 0 Å². The molecule has 9 heteroatoms. The Morgan fingerprint density at radius 2 is 1.88 bits per heavy atom. The largest absolute Gasteiger partial charge is 0.476 e. The van der Waals surface area contributed by atoms with Gasteiger partial charge in [-0.1, -0.05) is 70.0 Å². The van der Waals surface area contributed by atoms with E-state index in [0.29, 0.717) is 11.1 Å². The smallest absolute Gasteiger partial charge is 0.347 e. The molecule has 5 atom stereocenters. The maximum absolute atomic E-state index is 17.0. The van der Waals surface area contributed by atoms with Gasteiger partial charge in [0.1, 0.15) is 17.5 Å². The number of halogens is 3. The van der Waals surface area contributed by atoms with Crippen LogP contribution in [0.3, 0.4) is 0 Å². The summed E-state index contributed by atoms with van der Waals surface area (Å²) in [4.78, 5) is 17.1. The Kier molecular flexibility index (Phi) is 5.06. The number of carbonyl (C=O) groups excluding carboxylic acids is 1. The number of aliphatic hydroxyl groups is 2. The Labute approximate surface area is 202 Å². The van der Waals surface area contributed by atoms with Gasteiger partial charge in [-0.2, -0.15) is 0 Å². The maximum atomic E-state index is 17.0. The van der Waals surface area contributed by atoms with E-state index in [4.69, 9.17) is 21.1 Å². The fraction of sp³-hybridized carbons (Fsp3) is 0.250. The minimum atomic E-state index is -3.07. The second-order valence-electron chi connectivity index (χ2n) is 8.12. The average Bonchev–Trinajstić information content (AvgIpc) is 3.15. The van der Waals surface area contributed by atoms with E-state index in [1.807, 2.05) is 0 Å². The number of rotatable bonds is 3. The molecule has 0 saturated heterocycles. The monoisotopic (exact) mass is 533 g/mol. The number of fused-ring (bicyclic) bond motifs is 3. The normalized spacial score (nSPS) is 32.1. The van der Waals surface area contributed by atoms with Crippen LogP contribution in [0.4, 0.5) is 4.39 Å². The molecule has 1 aliphatic carbocycles. The zero-order chi connectivity index (χ0) is 23.6. The molecule has 1 aliphatic heterocycles. The second-order valence-corrected chi connectivity index (χ2v) is 9.47. The minimum Gasteiger partial charge on any atom is -0.476 e. The van der Waals surface area contributed by atoms with Crippen molar-refractivity contribution in [1.29, 1.82) is 0 Å². The van der Waals surface area contributed by atoms with Gasteiger partial charge < -0.3 is 19.7 Å². The minimum absolute atomic E-state index is 0.0832. The number of benzene rings is 2. The molecule has 6 nitrogen and oxygen atoms in total. The molecule has 33 heavy (non-hydrogen) atoms. The third kappa shape index (κ3) is 2.72. The van der Waals surface area contributed by atoms with Gasteiger partial charge in [0.2, 0.25) is 5.67 Å². The molecule has 1 unspecified atom stereocenters. The van der Waals surface area contributed by atoms with Gasteiger partial charge in [-0.15, -0.1) is 0 Å². The summed E-state index contributed by atoms with van der Waals surface area (Å²) in [5.74, 6) is -2.75. The average molecular weight is 535 g/mol. The van der Waals surface area contributed by atoms with E-state index in [1.165, 1.54) is 12.3 Å². The van der Waals surface area contributed by atoms with E-state index in [1.54, 1.807) is 54.6 Å². The first-order valence-electron chi connectivity index (χ1n) is 10.0. The number of pyridine rings is 1. The van der Waals surface area contributed by atoms with Crippen molar-refractivity contribution < 1.29 is 28.9 Å². The lowest BCUT2D eigenvalue weighted by molar-refractivity contribution is -0.176. The summed E-state index contributed by atoms with van der Waals surface area (Å²) < 4.78 is 28.8. The van der Waals surface area contributed by atoms with E-state index < -0.39 is 34.9 Å². The van der Waals surface area contributed by atoms with Gasteiger partial charge >= 0.3 is 5.97 Å². The molecule has 2 N–H and O–H groups in total. The maximum Gasteiger partial charge on any atom is 0.347 e. The highest BCUT2D eigenvalue weighted by molar-refractivity contribution is 9.10. The highest BCUT2D eigenvalue weighted by Gasteiger charge is 2.85. The quantitative estimate of drug-likeness (QED) is 0.494. The van der Waals surface area contributed by atoms with Gasteiger partial charge in [0.25, 0.3) is 0 Å². The predicted octanol–water partition coefficient (Wildman–Crippen LogP) is 4.01. The van der Waals surface area contributed by atoms with Crippen molar-refractivity contribution in [3.05, 3.63) is 93.2 Å². The van der Waals surface area contributed by atoms with Crippen LogP contribution < -0.4 is 4.74 Å². The van der Waals surface area contributed by atoms with Gasteiger partial charge in [-0.3, -0.25) is 4.98 Å². The summed E-state index contributed by atoms with van der Waals surface area (Å²) >= 11 is 9.49. The van der Waals surface area contributed by atoms with E-state index in [9.17, 15) is 15.0 Å². The van der Waals surface area contributed by atoms with E-state index in [2.05, 4.69) is 20.9 Å². The van der Waals surface area contributed by atoms with Gasteiger partial charge in [-0.25, -0.2) is 9.18 Å². The summed E-state index contributed by atoms with van der Waals surface area (Å²) in [7, 11) is 1.02. The number of methoxy groups -OCH3 is 1. The molecule has 5 rings (SSSR count). The zero-order valence-electron chi connectivity index (χ0n) is 17.2. The van der Waals surface area contributed by atoms with E-state index in [-0.39, 0.29) is 16.5 Å². The Morgan fingerprint density at radius 1 is 1.21 bits per heavy atom. The van der Waals surface area contributed by atoms with Gasteiger partial charge in [0.05, 0.1) is 18.1 Å². The molecular weight excluding hydrogens is 517 g/mol. The summed E-state index contributed by atoms with van der Waals surface area (Å²) in [5, 5.41) is 23.8. The number of aliphatic hydroxyl groups excluding tert-OH is 1. The molecule has 1 aromatic heterocycles. The molecule has 2 aromatic carbocycles. The third-order valence-corrected chi connectivity index (χ3v) is 7.28. The Hall–Kier alpha value is -2.52. The van der Waals surface area contributed by atoms with Crippen LogP contribution in [0.1, 0.15) is 22.7 Å². The van der Waals surface area contributed by atoms with Crippen LogP contribution in [0, 0.1) is 0 Å². The highest BCUT2D eigenvalue weighted by Crippen LogP contribution is 2.70. The zero-order valence-corrected chi connectivity index (χ0v) is 19.5. The predicted molar refractivity (Wildman–Crippen MR) is 121 cm³/mol. The number of ether oxygens (including phenoxy) is 2. The van der Waals surface area contributed by atoms with Crippen LogP contribution in [0.15, 0.2) is 71.3 Å². The first-order chi connectivity index (χ1) is 15.7. The van der Waals surface area contributed by atoms with Crippen molar-refractivity contribution in [2.24, 2.45) is 0 Å². The molecule has 0 amide bonds. The summed E-state index contributed by atoms with van der Waals surface area (Å²) in [6, 6.07) is 16.4. The van der Waals surface area contributed by atoms with Crippen molar-refractivity contribution in [3.8, 4) is 5.75 Å². The molecule has 0 spiro atoms. The molecule has 3 aromatic rings. The van der Waals surface area contributed by atoms with Crippen LogP contribution in [0.5, 0.6) is 5.75 Å². The van der Waals surface area contributed by atoms with Gasteiger partial charge in [0, 0.05) is 16.7 Å². The van der Waals surface area contributed by atoms with Crippen LogP contribution in [-0.4, -0.2) is 40.0 Å². The molecular formula is C24H18BrClFNO5. The SMILES string of the molecule is COC(=O)C1(F)[C@@H](O)[C@@]2(O)c3ncc(Cl)cc3O[C@@]2(c2ccc(Br)cc2)[C@@H]1c1ccccc1. The van der Waals surface area contributed by atoms with E-state index >= 15 is 4.39 Å². The molecule has 170 valence electrons. The number of hydrogen-bond acceptors (Lipinski definition) is 6. The van der Waals surface area contributed by atoms with Crippen LogP contribution in [0.2, 0.25) is 5.02 Å². The summed E-state index contributed by atoms with van der Waals surface area (Å²) in [6.45, 7) is 0. The molecule has 0 bridgehead atoms. The lowest BCUT2D eigenvalue weighted by Gasteiger charge is -2.40. The molecule has 1 saturated carbocycles. The Balaban J connectivity index is 1.91.